The lowest BCUT2D eigenvalue weighted by Gasteiger charge is -2.33. The number of ether oxygens (including phenoxy) is 4. The van der Waals surface area contributed by atoms with Crippen LogP contribution in [0.3, 0.4) is 0 Å². The van der Waals surface area contributed by atoms with E-state index in [0.717, 1.165) is 35.6 Å². The van der Waals surface area contributed by atoms with E-state index in [1.165, 1.54) is 44.5 Å². The fourth-order valence-electron chi connectivity index (χ4n) is 7.37. The number of rotatable bonds is 18. The molecule has 1 aliphatic rings. The first kappa shape index (κ1) is 36.1. The molecule has 1 aliphatic carbocycles. The van der Waals surface area contributed by atoms with Gasteiger partial charge in [-0.05, 0) is 118 Å². The molecule has 6 nitrogen and oxygen atoms in total. The van der Waals surface area contributed by atoms with Crippen molar-refractivity contribution in [3.05, 3.63) is 157 Å². The summed E-state index contributed by atoms with van der Waals surface area (Å²) in [6, 6.07) is 51.9. The van der Waals surface area contributed by atoms with Gasteiger partial charge in [0.2, 0.25) is 0 Å². The molecular formula is C47H48N2O4. The van der Waals surface area contributed by atoms with Gasteiger partial charge >= 0.3 is 0 Å². The van der Waals surface area contributed by atoms with Crippen molar-refractivity contribution in [3.8, 4) is 33.4 Å². The van der Waals surface area contributed by atoms with Crippen molar-refractivity contribution in [2.75, 3.05) is 64.5 Å². The Balaban J connectivity index is 1.24. The number of methoxy groups -OCH3 is 2. The zero-order valence-corrected chi connectivity index (χ0v) is 30.6. The average molecular weight is 705 g/mol. The van der Waals surface area contributed by atoms with Gasteiger partial charge in [0, 0.05) is 55.6 Å². The lowest BCUT2D eigenvalue weighted by molar-refractivity contribution is 0.0491. The van der Waals surface area contributed by atoms with E-state index in [4.69, 9.17) is 18.9 Å². The maximum absolute atomic E-state index is 6.19. The first-order valence-electron chi connectivity index (χ1n) is 18.4. The molecule has 0 aliphatic heterocycles. The van der Waals surface area contributed by atoms with Crippen LogP contribution in [0.25, 0.3) is 33.4 Å². The molecule has 0 spiro atoms. The van der Waals surface area contributed by atoms with Gasteiger partial charge in [-0.15, -0.1) is 0 Å². The van der Waals surface area contributed by atoms with Gasteiger partial charge in [0.1, 0.15) is 0 Å². The maximum atomic E-state index is 6.19. The van der Waals surface area contributed by atoms with Crippen LogP contribution < -0.4 is 10.6 Å². The molecule has 6 aromatic carbocycles. The summed E-state index contributed by atoms with van der Waals surface area (Å²) >= 11 is 0. The Kier molecular flexibility index (Phi) is 11.9. The molecule has 0 saturated heterocycles. The van der Waals surface area contributed by atoms with Crippen molar-refractivity contribution < 1.29 is 18.9 Å². The van der Waals surface area contributed by atoms with Crippen molar-refractivity contribution in [1.82, 2.24) is 0 Å². The predicted octanol–water partition coefficient (Wildman–Crippen LogP) is 10.9. The van der Waals surface area contributed by atoms with E-state index in [-0.39, 0.29) is 5.41 Å². The molecule has 7 rings (SSSR count). The highest BCUT2D eigenvalue weighted by Gasteiger charge is 2.43. The van der Waals surface area contributed by atoms with Crippen molar-refractivity contribution in [2.45, 2.75) is 18.3 Å². The highest BCUT2D eigenvalue weighted by atomic mass is 16.5. The zero-order chi connectivity index (χ0) is 36.3. The molecule has 0 saturated carbocycles. The van der Waals surface area contributed by atoms with Crippen molar-refractivity contribution in [1.29, 1.82) is 0 Å². The van der Waals surface area contributed by atoms with E-state index in [9.17, 15) is 0 Å². The fraction of sp³-hybridized carbons (Fsp3) is 0.234. The maximum Gasteiger partial charge on any atom is 0.0700 e. The van der Waals surface area contributed by atoms with Crippen molar-refractivity contribution >= 4 is 22.7 Å². The van der Waals surface area contributed by atoms with E-state index in [1.54, 1.807) is 14.2 Å². The minimum atomic E-state index is -0.319. The Morgan fingerprint density at radius 3 is 1.17 bits per heavy atom. The summed E-state index contributed by atoms with van der Waals surface area (Å²) in [6.07, 6.45) is 1.63. The quantitative estimate of drug-likeness (QED) is 0.0869. The molecule has 0 heterocycles. The minimum Gasteiger partial charge on any atom is -0.382 e. The summed E-state index contributed by atoms with van der Waals surface area (Å²) in [6.45, 7) is 3.47. The Morgan fingerprint density at radius 1 is 0.396 bits per heavy atom. The number of hydrogen-bond acceptors (Lipinski definition) is 6. The van der Waals surface area contributed by atoms with Crippen LogP contribution >= 0.6 is 0 Å². The molecule has 0 aromatic heterocycles. The second-order valence-corrected chi connectivity index (χ2v) is 13.4. The number of anilines is 4. The summed E-state index contributed by atoms with van der Waals surface area (Å²) in [5.74, 6) is 0. The van der Waals surface area contributed by atoms with E-state index in [0.29, 0.717) is 39.6 Å². The highest BCUT2D eigenvalue weighted by molar-refractivity contribution is 5.86. The summed E-state index contributed by atoms with van der Waals surface area (Å²) < 4.78 is 23.0. The van der Waals surface area contributed by atoms with Crippen LogP contribution in [0.1, 0.15) is 24.0 Å². The Labute approximate surface area is 313 Å². The number of para-hydroxylation sites is 2. The fourth-order valence-corrected chi connectivity index (χ4v) is 7.37. The third-order valence-electron chi connectivity index (χ3n) is 10.1. The van der Waals surface area contributed by atoms with Gasteiger partial charge in [0.15, 0.2) is 0 Å². The molecule has 0 fully saturated rings. The van der Waals surface area contributed by atoms with Gasteiger partial charge < -0.3 is 29.6 Å². The zero-order valence-electron chi connectivity index (χ0n) is 30.6. The van der Waals surface area contributed by atoms with Crippen LogP contribution in [0.5, 0.6) is 0 Å². The molecule has 0 amide bonds. The summed E-state index contributed by atoms with van der Waals surface area (Å²) in [5.41, 5.74) is 13.8. The second-order valence-electron chi connectivity index (χ2n) is 13.4. The summed E-state index contributed by atoms with van der Waals surface area (Å²) in [7, 11) is 3.42. The first-order valence-corrected chi connectivity index (χ1v) is 18.4. The molecule has 6 heteroatoms. The highest BCUT2D eigenvalue weighted by Crippen LogP contribution is 2.54. The molecule has 53 heavy (non-hydrogen) atoms. The van der Waals surface area contributed by atoms with Gasteiger partial charge in [0.05, 0.1) is 26.4 Å². The van der Waals surface area contributed by atoms with Crippen LogP contribution in [0.4, 0.5) is 22.7 Å². The SMILES string of the molecule is COCCOCCC1(CCOCCOC)c2cc(-c3ccc(Nc4ccccc4)cc3)ccc2-c2ccc(-c3ccc(Nc4ccccc4)cc3)cc21. The van der Waals surface area contributed by atoms with Gasteiger partial charge in [-0.25, -0.2) is 0 Å². The largest absolute Gasteiger partial charge is 0.382 e. The smallest absolute Gasteiger partial charge is 0.0700 e. The predicted molar refractivity (Wildman–Crippen MR) is 218 cm³/mol. The Hall–Kier alpha value is -5.24. The number of fused-ring (bicyclic) bond motifs is 3. The van der Waals surface area contributed by atoms with Crippen molar-refractivity contribution in [3.63, 3.8) is 0 Å². The second kappa shape index (κ2) is 17.5. The molecule has 0 unspecified atom stereocenters. The van der Waals surface area contributed by atoms with E-state index < -0.39 is 0 Å². The van der Waals surface area contributed by atoms with Gasteiger partial charge in [-0.1, -0.05) is 84.9 Å². The van der Waals surface area contributed by atoms with Crippen LogP contribution in [0, 0.1) is 0 Å². The topological polar surface area (TPSA) is 61.0 Å². The summed E-state index contributed by atoms with van der Waals surface area (Å²) in [4.78, 5) is 0. The summed E-state index contributed by atoms with van der Waals surface area (Å²) in [5, 5.41) is 7.02. The number of benzene rings is 6. The van der Waals surface area contributed by atoms with Gasteiger partial charge in [-0.2, -0.15) is 0 Å². The molecule has 6 aromatic rings. The number of hydrogen-bond donors (Lipinski definition) is 2. The van der Waals surface area contributed by atoms with E-state index in [1.807, 2.05) is 36.4 Å². The van der Waals surface area contributed by atoms with E-state index >= 15 is 0 Å². The lowest BCUT2D eigenvalue weighted by Crippen LogP contribution is -2.30. The lowest BCUT2D eigenvalue weighted by atomic mass is 9.72. The van der Waals surface area contributed by atoms with Crippen molar-refractivity contribution in [2.24, 2.45) is 0 Å². The Morgan fingerprint density at radius 2 is 0.774 bits per heavy atom. The third-order valence-corrected chi connectivity index (χ3v) is 10.1. The normalized spacial score (nSPS) is 12.6. The van der Waals surface area contributed by atoms with E-state index in [2.05, 4.69) is 120 Å². The van der Waals surface area contributed by atoms with Gasteiger partial charge in [0.25, 0.3) is 0 Å². The molecule has 0 bridgehead atoms. The standard InChI is InChI=1S/C47H48N2O4/c1-50-29-31-52-27-25-47(26-28-53-32-30-51-2)45-33-37(35-13-19-41(20-14-35)48-39-9-5-3-6-10-39)17-23-43(45)44-24-18-38(34-46(44)47)36-15-21-42(22-16-36)49-40-11-7-4-8-12-40/h3-24,33-34,48-49H,25-32H2,1-2H3. The molecule has 0 radical (unpaired) electrons. The third kappa shape index (κ3) is 8.54. The monoisotopic (exact) mass is 704 g/mol. The minimum absolute atomic E-state index is 0.319. The van der Waals surface area contributed by atoms with Gasteiger partial charge in [-0.3, -0.25) is 0 Å². The van der Waals surface area contributed by atoms with Crippen LogP contribution in [0.15, 0.2) is 146 Å². The Bertz CT molecular complexity index is 1900. The molecule has 0 atom stereocenters. The average Bonchev–Trinajstić information content (AvgIpc) is 3.47. The molecule has 270 valence electrons. The molecular weight excluding hydrogens is 657 g/mol. The van der Waals surface area contributed by atoms with Crippen LogP contribution in [-0.4, -0.2) is 53.9 Å². The first-order chi connectivity index (χ1) is 26.2. The number of nitrogens with one attached hydrogen (secondary N) is 2. The van der Waals surface area contributed by atoms with Crippen LogP contribution in [-0.2, 0) is 24.4 Å². The van der Waals surface area contributed by atoms with Crippen LogP contribution in [0.2, 0.25) is 0 Å². The molecule has 2 N–H and O–H groups in total.